The highest BCUT2D eigenvalue weighted by Gasteiger charge is 2.20. The number of anilines is 3. The molecule has 49 heavy (non-hydrogen) atoms. The van der Waals surface area contributed by atoms with Gasteiger partial charge in [0.2, 0.25) is 0 Å². The Bertz CT molecular complexity index is 2810. The molecule has 3 nitrogen and oxygen atoms in total. The summed E-state index contributed by atoms with van der Waals surface area (Å²) in [5, 5.41) is 6.90. The van der Waals surface area contributed by atoms with E-state index in [0.717, 1.165) is 72.1 Å². The summed E-state index contributed by atoms with van der Waals surface area (Å²) < 4.78 is 12.9. The molecule has 0 unspecified atom stereocenters. The van der Waals surface area contributed by atoms with E-state index in [-0.39, 0.29) is 0 Å². The van der Waals surface area contributed by atoms with Crippen LogP contribution in [0.5, 0.6) is 0 Å². The van der Waals surface area contributed by atoms with Crippen molar-refractivity contribution in [2.24, 2.45) is 0 Å². The molecule has 2 heterocycles. The van der Waals surface area contributed by atoms with Crippen molar-refractivity contribution in [1.82, 2.24) is 0 Å². The molecule has 0 saturated heterocycles. The van der Waals surface area contributed by atoms with Crippen molar-refractivity contribution < 1.29 is 8.83 Å². The van der Waals surface area contributed by atoms with Gasteiger partial charge in [0.05, 0.1) is 5.69 Å². The quantitative estimate of drug-likeness (QED) is 0.190. The number of benzene rings is 8. The molecule has 10 rings (SSSR count). The van der Waals surface area contributed by atoms with Crippen LogP contribution in [0, 0.1) is 0 Å². The Morgan fingerprint density at radius 1 is 0.347 bits per heavy atom. The predicted octanol–water partition coefficient (Wildman–Crippen LogP) is 13.4. The van der Waals surface area contributed by atoms with Gasteiger partial charge < -0.3 is 13.7 Å². The lowest BCUT2D eigenvalue weighted by Gasteiger charge is -2.25. The molecule has 0 saturated carbocycles. The molecule has 0 N–H and O–H groups in total. The van der Waals surface area contributed by atoms with E-state index in [0.29, 0.717) is 0 Å². The number of hydrogen-bond acceptors (Lipinski definition) is 3. The Hall–Kier alpha value is -6.58. The molecule has 230 valence electrons. The minimum atomic E-state index is 0.872. The molecule has 0 aliphatic rings. The van der Waals surface area contributed by atoms with E-state index in [1.807, 2.05) is 18.2 Å². The number of hydrogen-bond donors (Lipinski definition) is 0. The summed E-state index contributed by atoms with van der Waals surface area (Å²) in [4.78, 5) is 2.28. The van der Waals surface area contributed by atoms with Crippen molar-refractivity contribution >= 4 is 71.7 Å². The average Bonchev–Trinajstić information content (AvgIpc) is 3.75. The molecular weight excluding hydrogens is 599 g/mol. The van der Waals surface area contributed by atoms with E-state index >= 15 is 0 Å². The minimum Gasteiger partial charge on any atom is -0.456 e. The number of fused-ring (bicyclic) bond motifs is 8. The Morgan fingerprint density at radius 3 is 1.78 bits per heavy atom. The predicted molar refractivity (Wildman–Crippen MR) is 204 cm³/mol. The molecule has 0 bridgehead atoms. The van der Waals surface area contributed by atoms with Gasteiger partial charge in [-0.15, -0.1) is 0 Å². The van der Waals surface area contributed by atoms with Crippen LogP contribution in [0.25, 0.3) is 76.9 Å². The molecule has 0 amide bonds. The van der Waals surface area contributed by atoms with Crippen LogP contribution in [0.1, 0.15) is 0 Å². The maximum atomic E-state index is 6.49. The first kappa shape index (κ1) is 27.5. The van der Waals surface area contributed by atoms with Gasteiger partial charge in [-0.1, -0.05) is 121 Å². The highest BCUT2D eigenvalue weighted by molar-refractivity contribution is 6.22. The van der Waals surface area contributed by atoms with E-state index < -0.39 is 0 Å². The van der Waals surface area contributed by atoms with Crippen molar-refractivity contribution in [3.63, 3.8) is 0 Å². The summed E-state index contributed by atoms with van der Waals surface area (Å²) in [6, 6.07) is 61.9. The van der Waals surface area contributed by atoms with Crippen molar-refractivity contribution in [1.29, 1.82) is 0 Å². The lowest BCUT2D eigenvalue weighted by atomic mass is 9.92. The fraction of sp³-hybridized carbons (Fsp3) is 0. The van der Waals surface area contributed by atoms with Crippen LogP contribution in [0.3, 0.4) is 0 Å². The largest absolute Gasteiger partial charge is 0.456 e. The highest BCUT2D eigenvalue weighted by atomic mass is 16.3. The normalized spacial score (nSPS) is 11.7. The first-order valence-corrected chi connectivity index (χ1v) is 16.6. The fourth-order valence-electron chi connectivity index (χ4n) is 7.39. The second-order valence-electron chi connectivity index (χ2n) is 12.5. The molecule has 10 aromatic rings. The molecule has 0 aliphatic carbocycles. The second-order valence-corrected chi connectivity index (χ2v) is 12.5. The lowest BCUT2D eigenvalue weighted by Crippen LogP contribution is -2.10. The minimum absolute atomic E-state index is 0.872. The maximum Gasteiger partial charge on any atom is 0.159 e. The summed E-state index contributed by atoms with van der Waals surface area (Å²) in [6.07, 6.45) is 0. The molecule has 0 radical (unpaired) electrons. The monoisotopic (exact) mass is 627 g/mol. The van der Waals surface area contributed by atoms with E-state index in [4.69, 9.17) is 8.83 Å². The molecule has 3 heteroatoms. The van der Waals surface area contributed by atoms with Crippen molar-refractivity contribution in [3.05, 3.63) is 176 Å². The Kier molecular flexibility index (Phi) is 6.18. The third-order valence-corrected chi connectivity index (χ3v) is 9.66. The average molecular weight is 628 g/mol. The second kappa shape index (κ2) is 11.0. The van der Waals surface area contributed by atoms with E-state index in [1.165, 1.54) is 21.9 Å². The van der Waals surface area contributed by atoms with E-state index in [1.54, 1.807) is 0 Å². The number of rotatable bonds is 5. The maximum absolute atomic E-state index is 6.49. The van der Waals surface area contributed by atoms with Gasteiger partial charge in [0, 0.05) is 32.9 Å². The number of para-hydroxylation sites is 4. The van der Waals surface area contributed by atoms with Gasteiger partial charge in [-0.3, -0.25) is 0 Å². The van der Waals surface area contributed by atoms with Gasteiger partial charge in [0.15, 0.2) is 5.58 Å². The first-order chi connectivity index (χ1) is 24.3. The first-order valence-electron chi connectivity index (χ1n) is 16.6. The fourth-order valence-corrected chi connectivity index (χ4v) is 7.39. The molecule has 8 aromatic carbocycles. The number of furan rings is 2. The zero-order valence-electron chi connectivity index (χ0n) is 26.5. The highest BCUT2D eigenvalue weighted by Crippen LogP contribution is 2.44. The molecule has 0 atom stereocenters. The summed E-state index contributed by atoms with van der Waals surface area (Å²) in [5.74, 6) is 0. The van der Waals surface area contributed by atoms with Gasteiger partial charge in [0.25, 0.3) is 0 Å². The van der Waals surface area contributed by atoms with Gasteiger partial charge in [0.1, 0.15) is 16.7 Å². The topological polar surface area (TPSA) is 29.5 Å². The molecule has 0 fully saturated rings. The van der Waals surface area contributed by atoms with Crippen molar-refractivity contribution in [2.45, 2.75) is 0 Å². The van der Waals surface area contributed by atoms with Crippen LogP contribution < -0.4 is 4.90 Å². The molecule has 0 spiro atoms. The van der Waals surface area contributed by atoms with Crippen LogP contribution in [-0.2, 0) is 0 Å². The lowest BCUT2D eigenvalue weighted by molar-refractivity contribution is 0.669. The number of nitrogens with zero attached hydrogens (tertiary/aromatic N) is 1. The van der Waals surface area contributed by atoms with Gasteiger partial charge >= 0.3 is 0 Å². The zero-order chi connectivity index (χ0) is 32.3. The molecule has 0 aliphatic heterocycles. The Morgan fingerprint density at radius 2 is 0.980 bits per heavy atom. The standard InChI is InChI=1S/C46H29NO2/c1-3-12-31(13-4-1)39-29-44-45(38-17-8-10-21-43(38)48-44)40-28-32(24-27-35(39)40)30-22-25-34(26-23-30)47(33-14-5-2-6-15-33)41-19-11-18-37-36-16-7-9-20-42(36)49-46(37)41/h1-29H. The van der Waals surface area contributed by atoms with Crippen LogP contribution in [0.15, 0.2) is 185 Å². The molecular formula is C46H29NO2. The Balaban J connectivity index is 1.13. The van der Waals surface area contributed by atoms with Crippen LogP contribution >= 0.6 is 0 Å². The zero-order valence-corrected chi connectivity index (χ0v) is 26.5. The smallest absolute Gasteiger partial charge is 0.159 e. The van der Waals surface area contributed by atoms with Gasteiger partial charge in [-0.2, -0.15) is 0 Å². The third kappa shape index (κ3) is 4.44. The van der Waals surface area contributed by atoms with Gasteiger partial charge in [-0.25, -0.2) is 0 Å². The van der Waals surface area contributed by atoms with Crippen LogP contribution in [0.2, 0.25) is 0 Å². The summed E-state index contributed by atoms with van der Waals surface area (Å²) >= 11 is 0. The third-order valence-electron chi connectivity index (χ3n) is 9.66. The van der Waals surface area contributed by atoms with E-state index in [2.05, 4.69) is 163 Å². The SMILES string of the molecule is c1ccc(-c2cc3oc4ccccc4c3c3cc(-c4ccc(N(c5ccccc5)c5cccc6c5oc5ccccc56)cc4)ccc23)cc1. The summed E-state index contributed by atoms with van der Waals surface area (Å²) in [6.45, 7) is 0. The summed E-state index contributed by atoms with van der Waals surface area (Å²) in [5.41, 5.74) is 11.3. The summed E-state index contributed by atoms with van der Waals surface area (Å²) in [7, 11) is 0. The molecule has 2 aromatic heterocycles. The van der Waals surface area contributed by atoms with Gasteiger partial charge in [-0.05, 0) is 87.6 Å². The van der Waals surface area contributed by atoms with Crippen molar-refractivity contribution in [3.8, 4) is 22.3 Å². The van der Waals surface area contributed by atoms with Crippen LogP contribution in [0.4, 0.5) is 17.1 Å². The Labute approximate surface area is 282 Å². The van der Waals surface area contributed by atoms with Crippen molar-refractivity contribution in [2.75, 3.05) is 4.90 Å². The van der Waals surface area contributed by atoms with Crippen LogP contribution in [-0.4, -0.2) is 0 Å². The van der Waals surface area contributed by atoms with E-state index in [9.17, 15) is 0 Å².